The van der Waals surface area contributed by atoms with E-state index in [0.717, 1.165) is 47.0 Å². The number of hydrogen-bond acceptors (Lipinski definition) is 8. The zero-order chi connectivity index (χ0) is 19.5. The van der Waals surface area contributed by atoms with Crippen molar-refractivity contribution in [2.24, 2.45) is 0 Å². The van der Waals surface area contributed by atoms with Gasteiger partial charge in [0.25, 0.3) is 5.22 Å². The minimum absolute atomic E-state index is 0.0968. The van der Waals surface area contributed by atoms with Crippen LogP contribution in [0.15, 0.2) is 40.0 Å². The molecule has 0 atom stereocenters. The number of amides is 1. The highest BCUT2D eigenvalue weighted by Gasteiger charge is 2.28. The van der Waals surface area contributed by atoms with Crippen LogP contribution in [-0.4, -0.2) is 34.9 Å². The molecule has 2 aromatic heterocycles. The Kier molecular flexibility index (Phi) is 5.45. The Morgan fingerprint density at radius 3 is 2.86 bits per heavy atom. The van der Waals surface area contributed by atoms with Gasteiger partial charge in [0.15, 0.2) is 0 Å². The van der Waals surface area contributed by atoms with Gasteiger partial charge in [-0.2, -0.15) is 0 Å². The summed E-state index contributed by atoms with van der Waals surface area (Å²) in [4.78, 5) is 25.7. The number of aromatic nitrogens is 2. The minimum atomic E-state index is -0.410. The number of hydrogen-bond donors (Lipinski definition) is 1. The van der Waals surface area contributed by atoms with E-state index in [1.54, 1.807) is 0 Å². The molecule has 2 heterocycles. The Labute approximate surface area is 169 Å². The first-order valence-electron chi connectivity index (χ1n) is 8.70. The Morgan fingerprint density at radius 1 is 1.25 bits per heavy atom. The second-order valence-electron chi connectivity index (χ2n) is 6.13. The summed E-state index contributed by atoms with van der Waals surface area (Å²) in [5, 5.41) is 11.7. The Hall–Kier alpha value is -2.65. The number of esters is 1. The number of fused-ring (bicyclic) bond motifs is 1. The van der Waals surface area contributed by atoms with Crippen LogP contribution in [0.25, 0.3) is 11.5 Å². The molecule has 4 rings (SSSR count). The van der Waals surface area contributed by atoms with Crippen LogP contribution in [0.4, 0.5) is 5.00 Å². The molecular formula is C19H17N3O4S2. The van der Waals surface area contributed by atoms with Crippen molar-refractivity contribution in [2.75, 3.05) is 18.2 Å². The molecule has 0 spiro atoms. The zero-order valence-corrected chi connectivity index (χ0v) is 16.7. The molecular weight excluding hydrogens is 398 g/mol. The third kappa shape index (κ3) is 3.81. The average molecular weight is 415 g/mol. The molecule has 1 amide bonds. The summed E-state index contributed by atoms with van der Waals surface area (Å²) in [5.74, 6) is -0.146. The van der Waals surface area contributed by atoms with E-state index < -0.39 is 5.97 Å². The number of carbonyl (C=O) groups excluding carboxylic acids is 2. The number of methoxy groups -OCH3 is 1. The lowest BCUT2D eigenvalue weighted by Gasteiger charge is -2.06. The minimum Gasteiger partial charge on any atom is -0.465 e. The number of benzene rings is 1. The SMILES string of the molecule is COC(=O)c1c(NC(=O)CSc2nnc(-c3ccccc3)o2)sc2c1CCC2. The monoisotopic (exact) mass is 415 g/mol. The average Bonchev–Trinajstić information content (AvgIpc) is 3.42. The fourth-order valence-electron chi connectivity index (χ4n) is 3.07. The van der Waals surface area contributed by atoms with Crippen molar-refractivity contribution in [1.29, 1.82) is 0 Å². The number of aryl methyl sites for hydroxylation is 1. The molecule has 144 valence electrons. The molecule has 1 aliphatic carbocycles. The zero-order valence-electron chi connectivity index (χ0n) is 15.1. The van der Waals surface area contributed by atoms with Gasteiger partial charge in [-0.25, -0.2) is 4.79 Å². The largest absolute Gasteiger partial charge is 0.465 e. The number of thioether (sulfide) groups is 1. The molecule has 1 N–H and O–H groups in total. The van der Waals surface area contributed by atoms with Gasteiger partial charge in [-0.1, -0.05) is 30.0 Å². The summed E-state index contributed by atoms with van der Waals surface area (Å²) in [7, 11) is 1.35. The normalized spacial score (nSPS) is 12.6. The molecule has 1 aromatic carbocycles. The maximum Gasteiger partial charge on any atom is 0.341 e. The van der Waals surface area contributed by atoms with Crippen molar-refractivity contribution in [3.05, 3.63) is 46.3 Å². The Morgan fingerprint density at radius 2 is 2.07 bits per heavy atom. The standard InChI is InChI=1S/C19H17N3O4S2/c1-25-18(24)15-12-8-5-9-13(12)28-17(15)20-14(23)10-27-19-22-21-16(26-19)11-6-3-2-4-7-11/h2-4,6-7H,5,8-10H2,1H3,(H,20,23). The van der Waals surface area contributed by atoms with Gasteiger partial charge < -0.3 is 14.5 Å². The van der Waals surface area contributed by atoms with Gasteiger partial charge in [-0.05, 0) is 37.0 Å². The van der Waals surface area contributed by atoms with Crippen molar-refractivity contribution < 1.29 is 18.7 Å². The van der Waals surface area contributed by atoms with Crippen molar-refractivity contribution in [3.63, 3.8) is 0 Å². The van der Waals surface area contributed by atoms with Crippen LogP contribution in [0.3, 0.4) is 0 Å². The van der Waals surface area contributed by atoms with E-state index in [4.69, 9.17) is 9.15 Å². The molecule has 9 heteroatoms. The maximum atomic E-state index is 12.4. The topological polar surface area (TPSA) is 94.3 Å². The van der Waals surface area contributed by atoms with Crippen LogP contribution in [0, 0.1) is 0 Å². The van der Waals surface area contributed by atoms with E-state index in [-0.39, 0.29) is 11.7 Å². The van der Waals surface area contributed by atoms with Crippen LogP contribution < -0.4 is 5.32 Å². The number of anilines is 1. The summed E-state index contributed by atoms with van der Waals surface area (Å²) in [5.41, 5.74) is 2.31. The van der Waals surface area contributed by atoms with E-state index in [1.807, 2.05) is 30.3 Å². The van der Waals surface area contributed by atoms with Crippen LogP contribution in [0.5, 0.6) is 0 Å². The number of rotatable bonds is 6. The first-order chi connectivity index (χ1) is 13.7. The first-order valence-corrected chi connectivity index (χ1v) is 10.5. The van der Waals surface area contributed by atoms with Gasteiger partial charge in [0, 0.05) is 10.4 Å². The number of nitrogens with one attached hydrogen (secondary N) is 1. The first kappa shape index (κ1) is 18.7. The molecule has 0 fully saturated rings. The van der Waals surface area contributed by atoms with Gasteiger partial charge in [0.2, 0.25) is 11.8 Å². The highest BCUT2D eigenvalue weighted by atomic mass is 32.2. The predicted octanol–water partition coefficient (Wildman–Crippen LogP) is 3.80. The van der Waals surface area contributed by atoms with Crippen molar-refractivity contribution in [2.45, 2.75) is 24.5 Å². The van der Waals surface area contributed by atoms with Gasteiger partial charge >= 0.3 is 5.97 Å². The van der Waals surface area contributed by atoms with E-state index in [9.17, 15) is 9.59 Å². The van der Waals surface area contributed by atoms with Crippen molar-refractivity contribution in [3.8, 4) is 11.5 Å². The summed E-state index contributed by atoms with van der Waals surface area (Å²) in [6.07, 6.45) is 2.79. The fourth-order valence-corrected chi connectivity index (χ4v) is 4.92. The van der Waals surface area contributed by atoms with E-state index >= 15 is 0 Å². The van der Waals surface area contributed by atoms with Crippen LogP contribution in [-0.2, 0) is 22.4 Å². The number of ether oxygens (including phenoxy) is 1. The van der Waals surface area contributed by atoms with E-state index in [2.05, 4.69) is 15.5 Å². The lowest BCUT2D eigenvalue weighted by atomic mass is 10.1. The van der Waals surface area contributed by atoms with Gasteiger partial charge in [-0.3, -0.25) is 4.79 Å². The molecule has 7 nitrogen and oxygen atoms in total. The summed E-state index contributed by atoms with van der Waals surface area (Å²) in [6, 6.07) is 9.43. The van der Waals surface area contributed by atoms with Crippen LogP contribution in [0.1, 0.15) is 27.2 Å². The predicted molar refractivity (Wildman–Crippen MR) is 107 cm³/mol. The molecule has 0 saturated heterocycles. The molecule has 1 aliphatic rings. The Balaban J connectivity index is 1.41. The van der Waals surface area contributed by atoms with Crippen LogP contribution in [0.2, 0.25) is 0 Å². The Bertz CT molecular complexity index is 1010. The number of nitrogens with zero attached hydrogens (tertiary/aromatic N) is 2. The summed E-state index contributed by atoms with van der Waals surface area (Å²) in [6.45, 7) is 0. The molecule has 28 heavy (non-hydrogen) atoms. The maximum absolute atomic E-state index is 12.4. The van der Waals surface area contributed by atoms with E-state index in [0.29, 0.717) is 21.7 Å². The molecule has 0 radical (unpaired) electrons. The second-order valence-corrected chi connectivity index (χ2v) is 8.16. The number of thiophene rings is 1. The second kappa shape index (κ2) is 8.15. The fraction of sp³-hybridized carbons (Fsp3) is 0.263. The van der Waals surface area contributed by atoms with Gasteiger partial charge in [0.05, 0.1) is 18.4 Å². The molecule has 0 aliphatic heterocycles. The van der Waals surface area contributed by atoms with Crippen LogP contribution >= 0.6 is 23.1 Å². The van der Waals surface area contributed by atoms with Crippen molar-refractivity contribution in [1.82, 2.24) is 10.2 Å². The molecule has 0 bridgehead atoms. The quantitative estimate of drug-likeness (QED) is 0.483. The summed E-state index contributed by atoms with van der Waals surface area (Å²) >= 11 is 2.60. The number of carbonyl (C=O) groups is 2. The lowest BCUT2D eigenvalue weighted by Crippen LogP contribution is -2.16. The lowest BCUT2D eigenvalue weighted by molar-refractivity contribution is -0.113. The smallest absolute Gasteiger partial charge is 0.341 e. The summed E-state index contributed by atoms with van der Waals surface area (Å²) < 4.78 is 10.5. The van der Waals surface area contributed by atoms with Gasteiger partial charge in [0.1, 0.15) is 5.00 Å². The third-order valence-corrected chi connectivity index (χ3v) is 6.34. The highest BCUT2D eigenvalue weighted by Crippen LogP contribution is 2.39. The van der Waals surface area contributed by atoms with E-state index in [1.165, 1.54) is 18.4 Å². The highest BCUT2D eigenvalue weighted by molar-refractivity contribution is 7.99. The van der Waals surface area contributed by atoms with Gasteiger partial charge in [-0.15, -0.1) is 21.5 Å². The third-order valence-electron chi connectivity index (χ3n) is 4.32. The molecule has 3 aromatic rings. The molecule has 0 saturated carbocycles. The van der Waals surface area contributed by atoms with Crippen molar-refractivity contribution >= 4 is 40.0 Å². The molecule has 0 unspecified atom stereocenters.